The van der Waals surface area contributed by atoms with Crippen LogP contribution in [0, 0.1) is 5.82 Å². The predicted octanol–water partition coefficient (Wildman–Crippen LogP) is 3.76. The van der Waals surface area contributed by atoms with Crippen LogP contribution < -0.4 is 10.2 Å². The Labute approximate surface area is 199 Å². The van der Waals surface area contributed by atoms with Gasteiger partial charge in [-0.25, -0.2) is 4.39 Å². The quantitative estimate of drug-likeness (QED) is 0.745. The number of hydrogen-bond donors (Lipinski definition) is 1. The number of likely N-dealkylation sites (tertiary alicyclic amines) is 1. The molecule has 0 atom stereocenters. The third kappa shape index (κ3) is 5.38. The lowest BCUT2D eigenvalue weighted by Crippen LogP contribution is -2.38. The van der Waals surface area contributed by atoms with E-state index in [9.17, 15) is 18.8 Å². The second kappa shape index (κ2) is 10.7. The first-order valence-electron chi connectivity index (χ1n) is 11.9. The normalized spacial score (nSPS) is 16.7. The maximum Gasteiger partial charge on any atom is 0.256 e. The minimum absolute atomic E-state index is 0.0366. The van der Waals surface area contributed by atoms with Crippen molar-refractivity contribution in [2.45, 2.75) is 32.6 Å². The molecular formula is C26H31FN4O3. The summed E-state index contributed by atoms with van der Waals surface area (Å²) in [6.45, 7) is 5.04. The molecule has 4 rings (SSSR count). The third-order valence-corrected chi connectivity index (χ3v) is 6.42. The van der Waals surface area contributed by atoms with E-state index in [0.29, 0.717) is 43.9 Å². The average Bonchev–Trinajstić information content (AvgIpc) is 3.10. The summed E-state index contributed by atoms with van der Waals surface area (Å²) < 4.78 is 14.2. The van der Waals surface area contributed by atoms with Crippen molar-refractivity contribution in [2.75, 3.05) is 49.5 Å². The zero-order valence-electron chi connectivity index (χ0n) is 19.6. The Morgan fingerprint density at radius 1 is 0.765 bits per heavy atom. The van der Waals surface area contributed by atoms with E-state index in [1.807, 2.05) is 11.0 Å². The minimum Gasteiger partial charge on any atom is -0.369 e. The van der Waals surface area contributed by atoms with E-state index < -0.39 is 5.82 Å². The van der Waals surface area contributed by atoms with Crippen molar-refractivity contribution in [1.82, 2.24) is 9.80 Å². The van der Waals surface area contributed by atoms with Crippen LogP contribution in [0.2, 0.25) is 0 Å². The Bertz CT molecular complexity index is 1070. The van der Waals surface area contributed by atoms with Crippen LogP contribution in [0.1, 0.15) is 53.3 Å². The monoisotopic (exact) mass is 466 g/mol. The number of amides is 3. The maximum atomic E-state index is 14.2. The summed E-state index contributed by atoms with van der Waals surface area (Å²) in [5, 5.41) is 2.77. The van der Waals surface area contributed by atoms with E-state index in [0.717, 1.165) is 38.0 Å². The lowest BCUT2D eigenvalue weighted by atomic mass is 10.1. The fourth-order valence-corrected chi connectivity index (χ4v) is 4.70. The van der Waals surface area contributed by atoms with E-state index >= 15 is 0 Å². The van der Waals surface area contributed by atoms with Crippen molar-refractivity contribution in [2.24, 2.45) is 0 Å². The number of nitrogens with one attached hydrogen (secondary N) is 1. The summed E-state index contributed by atoms with van der Waals surface area (Å²) in [6, 6.07) is 11.5. The van der Waals surface area contributed by atoms with Crippen LogP contribution in [0.15, 0.2) is 42.5 Å². The Morgan fingerprint density at radius 3 is 2.18 bits per heavy atom. The van der Waals surface area contributed by atoms with E-state index in [4.69, 9.17) is 0 Å². The molecule has 2 aromatic carbocycles. The summed E-state index contributed by atoms with van der Waals surface area (Å²) in [5.74, 6) is -1.06. The van der Waals surface area contributed by atoms with Gasteiger partial charge in [0.05, 0.1) is 11.1 Å². The highest BCUT2D eigenvalue weighted by Crippen LogP contribution is 2.28. The van der Waals surface area contributed by atoms with Crippen molar-refractivity contribution in [3.05, 3.63) is 59.4 Å². The van der Waals surface area contributed by atoms with Gasteiger partial charge in [0.1, 0.15) is 5.82 Å². The van der Waals surface area contributed by atoms with Crippen LogP contribution in [0.25, 0.3) is 0 Å². The molecule has 8 heteroatoms. The molecule has 2 aliphatic rings. The lowest BCUT2D eigenvalue weighted by molar-refractivity contribution is -0.114. The maximum absolute atomic E-state index is 14.2. The number of halogens is 1. The van der Waals surface area contributed by atoms with E-state index in [2.05, 4.69) is 10.2 Å². The molecule has 0 spiro atoms. The fourth-order valence-electron chi connectivity index (χ4n) is 4.70. The third-order valence-electron chi connectivity index (χ3n) is 6.42. The number of nitrogens with zero attached hydrogens (tertiary/aromatic N) is 3. The molecule has 0 aromatic heterocycles. The molecule has 2 aromatic rings. The van der Waals surface area contributed by atoms with Crippen molar-refractivity contribution in [3.63, 3.8) is 0 Å². The predicted molar refractivity (Wildman–Crippen MR) is 130 cm³/mol. The average molecular weight is 467 g/mol. The summed E-state index contributed by atoms with van der Waals surface area (Å²) in [4.78, 5) is 43.6. The van der Waals surface area contributed by atoms with Crippen molar-refractivity contribution in [1.29, 1.82) is 0 Å². The number of anilines is 2. The van der Waals surface area contributed by atoms with E-state index in [-0.39, 0.29) is 23.3 Å². The van der Waals surface area contributed by atoms with Crippen LogP contribution >= 0.6 is 0 Å². The lowest BCUT2D eigenvalue weighted by Gasteiger charge is -2.30. The first-order chi connectivity index (χ1) is 16.4. The van der Waals surface area contributed by atoms with Gasteiger partial charge < -0.3 is 20.0 Å². The van der Waals surface area contributed by atoms with Gasteiger partial charge >= 0.3 is 0 Å². The zero-order valence-corrected chi connectivity index (χ0v) is 19.6. The molecular weight excluding hydrogens is 435 g/mol. The Balaban J connectivity index is 1.56. The van der Waals surface area contributed by atoms with Gasteiger partial charge in [-0.15, -0.1) is 0 Å². The highest BCUT2D eigenvalue weighted by molar-refractivity contribution is 6.02. The van der Waals surface area contributed by atoms with Crippen LogP contribution in [0.4, 0.5) is 15.8 Å². The number of benzene rings is 2. The summed E-state index contributed by atoms with van der Waals surface area (Å²) in [6.07, 6.45) is 3.80. The fraction of sp³-hybridized carbons (Fsp3) is 0.423. The number of carbonyl (C=O) groups is 3. The minimum atomic E-state index is -0.517. The number of hydrogen-bond acceptors (Lipinski definition) is 4. The Kier molecular flexibility index (Phi) is 7.45. The molecule has 2 heterocycles. The molecule has 0 saturated carbocycles. The van der Waals surface area contributed by atoms with E-state index in [1.54, 1.807) is 29.2 Å². The molecule has 1 N–H and O–H groups in total. The SMILES string of the molecule is CC(=O)Nc1ccc(N2CCCN(C(=O)c3ccccc3F)CC2)c(C(=O)N2CCCCC2)c1. The Hall–Kier alpha value is -3.42. The van der Waals surface area contributed by atoms with Crippen molar-refractivity contribution >= 4 is 29.1 Å². The molecule has 180 valence electrons. The van der Waals surface area contributed by atoms with E-state index in [1.165, 1.54) is 19.1 Å². The van der Waals surface area contributed by atoms with Gasteiger partial charge in [-0.1, -0.05) is 12.1 Å². The van der Waals surface area contributed by atoms with Gasteiger partial charge in [0.15, 0.2) is 0 Å². The highest BCUT2D eigenvalue weighted by atomic mass is 19.1. The molecule has 2 fully saturated rings. The topological polar surface area (TPSA) is 73.0 Å². The molecule has 2 saturated heterocycles. The van der Waals surface area contributed by atoms with Crippen LogP contribution in [0.5, 0.6) is 0 Å². The van der Waals surface area contributed by atoms with Gasteiger partial charge in [0.2, 0.25) is 5.91 Å². The van der Waals surface area contributed by atoms with Crippen LogP contribution in [-0.2, 0) is 4.79 Å². The Morgan fingerprint density at radius 2 is 1.44 bits per heavy atom. The number of carbonyl (C=O) groups excluding carboxylic acids is 3. The molecule has 0 bridgehead atoms. The molecule has 34 heavy (non-hydrogen) atoms. The molecule has 7 nitrogen and oxygen atoms in total. The molecule has 2 aliphatic heterocycles. The van der Waals surface area contributed by atoms with Crippen molar-refractivity contribution in [3.8, 4) is 0 Å². The molecule has 0 aliphatic carbocycles. The van der Waals surface area contributed by atoms with Gasteiger partial charge in [-0.2, -0.15) is 0 Å². The molecule has 3 amide bonds. The van der Waals surface area contributed by atoms with Gasteiger partial charge in [-0.05, 0) is 56.0 Å². The molecule has 0 unspecified atom stereocenters. The smallest absolute Gasteiger partial charge is 0.256 e. The van der Waals surface area contributed by atoms with Gasteiger partial charge in [0, 0.05) is 57.6 Å². The first kappa shape index (κ1) is 23.7. The molecule has 0 radical (unpaired) electrons. The number of piperidine rings is 1. The highest BCUT2D eigenvalue weighted by Gasteiger charge is 2.27. The standard InChI is InChI=1S/C26H31FN4O3/c1-19(32)28-20-10-11-24(22(18-20)26(34)30-12-5-2-6-13-30)29-14-7-15-31(17-16-29)25(33)21-8-3-4-9-23(21)27/h3-4,8-11,18H,2,5-7,12-17H2,1H3,(H,28,32). The van der Waals surface area contributed by atoms with Crippen LogP contribution in [0.3, 0.4) is 0 Å². The second-order valence-corrected chi connectivity index (χ2v) is 8.88. The number of rotatable bonds is 4. The summed E-state index contributed by atoms with van der Waals surface area (Å²) in [5.41, 5.74) is 2.02. The van der Waals surface area contributed by atoms with Crippen molar-refractivity contribution < 1.29 is 18.8 Å². The summed E-state index contributed by atoms with van der Waals surface area (Å²) >= 11 is 0. The van der Waals surface area contributed by atoms with Gasteiger partial charge in [0.25, 0.3) is 11.8 Å². The van der Waals surface area contributed by atoms with Gasteiger partial charge in [-0.3, -0.25) is 14.4 Å². The second-order valence-electron chi connectivity index (χ2n) is 8.88. The summed E-state index contributed by atoms with van der Waals surface area (Å²) in [7, 11) is 0. The van der Waals surface area contributed by atoms with Crippen LogP contribution in [-0.4, -0.2) is 66.8 Å². The largest absolute Gasteiger partial charge is 0.369 e. The zero-order chi connectivity index (χ0) is 24.1. The first-order valence-corrected chi connectivity index (χ1v) is 11.9.